The van der Waals surface area contributed by atoms with Crippen molar-refractivity contribution in [1.82, 2.24) is 24.0 Å². The van der Waals surface area contributed by atoms with Gasteiger partial charge in [0, 0.05) is 30.8 Å². The molecule has 0 bridgehead atoms. The Hall–Kier alpha value is -3.46. The van der Waals surface area contributed by atoms with Crippen molar-refractivity contribution in [3.05, 3.63) is 58.0 Å². The molecule has 172 valence electrons. The smallest absolute Gasteiger partial charge is 0.280 e. The number of ether oxygens (including phenoxy) is 1. The molecule has 2 aliphatic rings. The Balaban J connectivity index is 1.66. The summed E-state index contributed by atoms with van der Waals surface area (Å²) in [6.45, 7) is 6.18. The van der Waals surface area contributed by atoms with Crippen LogP contribution in [-0.2, 0) is 22.6 Å². The van der Waals surface area contributed by atoms with E-state index in [-0.39, 0.29) is 36.5 Å². The van der Waals surface area contributed by atoms with E-state index in [1.54, 1.807) is 20.4 Å². The number of fused-ring (bicyclic) bond motifs is 2. The van der Waals surface area contributed by atoms with Crippen LogP contribution >= 0.6 is 0 Å². The molecule has 1 saturated heterocycles. The van der Waals surface area contributed by atoms with E-state index < -0.39 is 0 Å². The fraction of sp³-hybridized carbons (Fsp3) is 0.417. The third-order valence-corrected chi connectivity index (χ3v) is 6.61. The number of amides is 2. The molecule has 9 nitrogen and oxygen atoms in total. The van der Waals surface area contributed by atoms with Crippen LogP contribution in [0.25, 0.3) is 16.9 Å². The molecule has 4 heterocycles. The summed E-state index contributed by atoms with van der Waals surface area (Å²) in [6.07, 6.45) is 0.774. The summed E-state index contributed by atoms with van der Waals surface area (Å²) in [5.74, 6) is -0.320. The Morgan fingerprint density at radius 1 is 1.15 bits per heavy atom. The summed E-state index contributed by atoms with van der Waals surface area (Å²) in [4.78, 5) is 43.5. The topological polar surface area (TPSA) is 89.2 Å². The molecule has 0 saturated carbocycles. The number of hydrogen-bond acceptors (Lipinski definition) is 5. The Kier molecular flexibility index (Phi) is 5.49. The second-order valence-electron chi connectivity index (χ2n) is 8.57. The number of aromatic nitrogens is 3. The minimum atomic E-state index is -0.309. The van der Waals surface area contributed by atoms with Crippen molar-refractivity contribution in [2.45, 2.75) is 39.4 Å². The average Bonchev–Trinajstić information content (AvgIpc) is 3.45. The standard InChI is InChI=1S/C24H27N5O4/c1-3-16(2)27-14-18-22(24(27)32)28(15-21(30)26-9-11-33-12-10-26)20-13-19(25-29(20)23(18)31)17-7-5-4-6-8-17/h4-8,13,16H,3,9-12,14-15H2,1-2H3. The fourth-order valence-corrected chi connectivity index (χ4v) is 4.52. The zero-order valence-corrected chi connectivity index (χ0v) is 18.9. The van der Waals surface area contributed by atoms with Gasteiger partial charge in [-0.3, -0.25) is 14.4 Å². The molecule has 0 radical (unpaired) electrons. The monoisotopic (exact) mass is 449 g/mol. The van der Waals surface area contributed by atoms with E-state index in [2.05, 4.69) is 5.10 Å². The molecule has 33 heavy (non-hydrogen) atoms. The van der Waals surface area contributed by atoms with Gasteiger partial charge in [0.05, 0.1) is 31.0 Å². The Bertz CT molecular complexity index is 1270. The van der Waals surface area contributed by atoms with E-state index in [0.29, 0.717) is 48.9 Å². The van der Waals surface area contributed by atoms with Gasteiger partial charge in [0.15, 0.2) is 0 Å². The van der Waals surface area contributed by atoms with Gasteiger partial charge >= 0.3 is 0 Å². The summed E-state index contributed by atoms with van der Waals surface area (Å²) < 4.78 is 8.38. The van der Waals surface area contributed by atoms with E-state index in [4.69, 9.17) is 4.74 Å². The predicted molar refractivity (Wildman–Crippen MR) is 122 cm³/mol. The summed E-state index contributed by atoms with van der Waals surface area (Å²) in [5, 5.41) is 4.56. The summed E-state index contributed by atoms with van der Waals surface area (Å²) in [6, 6.07) is 11.3. The zero-order valence-electron chi connectivity index (χ0n) is 18.9. The molecular formula is C24H27N5O4. The minimum absolute atomic E-state index is 0.0140. The van der Waals surface area contributed by atoms with E-state index in [9.17, 15) is 14.4 Å². The molecule has 2 aromatic heterocycles. The molecular weight excluding hydrogens is 422 g/mol. The average molecular weight is 450 g/mol. The van der Waals surface area contributed by atoms with Gasteiger partial charge in [-0.1, -0.05) is 37.3 Å². The highest BCUT2D eigenvalue weighted by Crippen LogP contribution is 2.27. The highest BCUT2D eigenvalue weighted by Gasteiger charge is 2.37. The molecule has 1 aromatic carbocycles. The molecule has 1 unspecified atom stereocenters. The van der Waals surface area contributed by atoms with Crippen LogP contribution in [0, 0.1) is 0 Å². The maximum atomic E-state index is 13.4. The zero-order chi connectivity index (χ0) is 23.1. The number of benzene rings is 1. The third-order valence-electron chi connectivity index (χ3n) is 6.61. The van der Waals surface area contributed by atoms with Crippen molar-refractivity contribution < 1.29 is 14.3 Å². The number of carbonyl (C=O) groups excluding carboxylic acids is 2. The molecule has 2 aliphatic heterocycles. The quantitative estimate of drug-likeness (QED) is 0.592. The number of nitrogens with zero attached hydrogens (tertiary/aromatic N) is 5. The van der Waals surface area contributed by atoms with Gasteiger partial charge in [0.1, 0.15) is 17.9 Å². The molecule has 5 rings (SSSR count). The maximum Gasteiger partial charge on any atom is 0.280 e. The first-order valence-electron chi connectivity index (χ1n) is 11.4. The van der Waals surface area contributed by atoms with Crippen LogP contribution < -0.4 is 5.56 Å². The van der Waals surface area contributed by atoms with E-state index in [1.807, 2.05) is 44.2 Å². The SMILES string of the molecule is CCC(C)N1Cc2c(n(CC(=O)N3CCOCC3)c3cc(-c4ccccc4)nn3c2=O)C1=O. The first-order chi connectivity index (χ1) is 16.0. The highest BCUT2D eigenvalue weighted by atomic mass is 16.5. The van der Waals surface area contributed by atoms with Crippen LogP contribution in [-0.4, -0.2) is 68.1 Å². The lowest BCUT2D eigenvalue weighted by Gasteiger charge is -2.27. The molecule has 0 aliphatic carbocycles. The Morgan fingerprint density at radius 3 is 2.58 bits per heavy atom. The Morgan fingerprint density at radius 2 is 1.88 bits per heavy atom. The summed E-state index contributed by atoms with van der Waals surface area (Å²) in [5.41, 5.74) is 2.31. The van der Waals surface area contributed by atoms with Crippen molar-refractivity contribution in [3.63, 3.8) is 0 Å². The molecule has 0 N–H and O–H groups in total. The van der Waals surface area contributed by atoms with Crippen LogP contribution in [0.15, 0.2) is 41.2 Å². The van der Waals surface area contributed by atoms with Crippen LogP contribution in [0.4, 0.5) is 0 Å². The fourth-order valence-electron chi connectivity index (χ4n) is 4.52. The van der Waals surface area contributed by atoms with Crippen molar-refractivity contribution in [1.29, 1.82) is 0 Å². The second-order valence-corrected chi connectivity index (χ2v) is 8.57. The number of morpholine rings is 1. The summed E-state index contributed by atoms with van der Waals surface area (Å²) in [7, 11) is 0. The van der Waals surface area contributed by atoms with Gasteiger partial charge in [0.25, 0.3) is 11.5 Å². The molecule has 1 fully saturated rings. The molecule has 2 amide bonds. The van der Waals surface area contributed by atoms with E-state index in [0.717, 1.165) is 12.0 Å². The molecule has 1 atom stereocenters. The molecule has 9 heteroatoms. The number of rotatable bonds is 5. The largest absolute Gasteiger partial charge is 0.378 e. The van der Waals surface area contributed by atoms with Crippen LogP contribution in [0.2, 0.25) is 0 Å². The highest BCUT2D eigenvalue weighted by molar-refractivity contribution is 5.98. The second kappa shape index (κ2) is 8.47. The van der Waals surface area contributed by atoms with E-state index in [1.165, 1.54) is 4.52 Å². The van der Waals surface area contributed by atoms with Gasteiger partial charge in [-0.05, 0) is 13.3 Å². The molecule has 3 aromatic rings. The lowest BCUT2D eigenvalue weighted by Crippen LogP contribution is -2.43. The number of carbonyl (C=O) groups is 2. The van der Waals surface area contributed by atoms with E-state index >= 15 is 0 Å². The third kappa shape index (κ3) is 3.62. The normalized spacial score (nSPS) is 17.0. The molecule has 0 spiro atoms. The predicted octanol–water partition coefficient (Wildman–Crippen LogP) is 1.78. The minimum Gasteiger partial charge on any atom is -0.378 e. The van der Waals surface area contributed by atoms with Crippen LogP contribution in [0.5, 0.6) is 0 Å². The first kappa shape index (κ1) is 21.4. The lowest BCUT2D eigenvalue weighted by molar-refractivity contribution is -0.135. The van der Waals surface area contributed by atoms with Crippen molar-refractivity contribution >= 4 is 17.5 Å². The van der Waals surface area contributed by atoms with Crippen molar-refractivity contribution in [2.24, 2.45) is 0 Å². The van der Waals surface area contributed by atoms with Gasteiger partial charge in [-0.15, -0.1) is 0 Å². The maximum absolute atomic E-state index is 13.4. The van der Waals surface area contributed by atoms with Crippen molar-refractivity contribution in [2.75, 3.05) is 26.3 Å². The van der Waals surface area contributed by atoms with Gasteiger partial charge in [-0.2, -0.15) is 9.61 Å². The van der Waals surface area contributed by atoms with Crippen molar-refractivity contribution in [3.8, 4) is 11.3 Å². The van der Waals surface area contributed by atoms with Crippen LogP contribution in [0.3, 0.4) is 0 Å². The summed E-state index contributed by atoms with van der Waals surface area (Å²) >= 11 is 0. The van der Waals surface area contributed by atoms with Gasteiger partial charge in [0.2, 0.25) is 5.91 Å². The van der Waals surface area contributed by atoms with Crippen LogP contribution in [0.1, 0.15) is 36.3 Å². The number of hydrogen-bond donors (Lipinski definition) is 0. The first-order valence-corrected chi connectivity index (χ1v) is 11.4. The van der Waals surface area contributed by atoms with Gasteiger partial charge in [-0.25, -0.2) is 0 Å². The Labute approximate surface area is 191 Å². The van der Waals surface area contributed by atoms with Gasteiger partial charge < -0.3 is 19.1 Å². The lowest BCUT2D eigenvalue weighted by atomic mass is 10.1.